The SMILES string of the molecule is CCCCCC1CCC(C2CCC(CCc3ccc(OC(F)(F)c4cc(F)c(C(F)(F)F)c(F)c4)cc3)CC2)CC1. The first-order chi connectivity index (χ1) is 19.5. The van der Waals surface area contributed by atoms with E-state index in [9.17, 15) is 30.7 Å². The van der Waals surface area contributed by atoms with Gasteiger partial charge in [-0.15, -0.1) is 0 Å². The Balaban J connectivity index is 1.21. The molecule has 0 heterocycles. The van der Waals surface area contributed by atoms with Crippen LogP contribution in [-0.4, -0.2) is 0 Å². The van der Waals surface area contributed by atoms with Crippen molar-refractivity contribution in [2.75, 3.05) is 0 Å². The summed E-state index contributed by atoms with van der Waals surface area (Å²) in [5, 5.41) is 0. The van der Waals surface area contributed by atoms with E-state index in [4.69, 9.17) is 0 Å². The summed E-state index contributed by atoms with van der Waals surface area (Å²) in [6.45, 7) is 2.26. The second-order valence-corrected chi connectivity index (χ2v) is 12.2. The fourth-order valence-corrected chi connectivity index (χ4v) is 6.89. The number of halogens is 7. The van der Waals surface area contributed by atoms with Crippen molar-refractivity contribution in [3.8, 4) is 5.75 Å². The van der Waals surface area contributed by atoms with Gasteiger partial charge in [0.05, 0.1) is 5.56 Å². The van der Waals surface area contributed by atoms with Crippen LogP contribution in [0.15, 0.2) is 36.4 Å². The summed E-state index contributed by atoms with van der Waals surface area (Å²) < 4.78 is 99.5. The van der Waals surface area contributed by atoms with Crippen LogP contribution in [0.5, 0.6) is 5.75 Å². The van der Waals surface area contributed by atoms with E-state index < -0.39 is 35.0 Å². The first-order valence-corrected chi connectivity index (χ1v) is 15.2. The molecule has 0 atom stereocenters. The van der Waals surface area contributed by atoms with E-state index in [1.807, 2.05) is 0 Å². The van der Waals surface area contributed by atoms with Gasteiger partial charge in [-0.3, -0.25) is 0 Å². The molecule has 2 aliphatic carbocycles. The number of benzene rings is 2. The highest BCUT2D eigenvalue weighted by Gasteiger charge is 2.42. The van der Waals surface area contributed by atoms with Crippen molar-refractivity contribution < 1.29 is 35.5 Å². The van der Waals surface area contributed by atoms with Crippen molar-refractivity contribution in [2.45, 2.75) is 109 Å². The Morgan fingerprint density at radius 3 is 1.71 bits per heavy atom. The maximum absolute atomic E-state index is 14.5. The number of alkyl halides is 5. The van der Waals surface area contributed by atoms with Crippen LogP contribution < -0.4 is 4.74 Å². The molecule has 0 bridgehead atoms. The molecule has 2 fully saturated rings. The average Bonchev–Trinajstić information content (AvgIpc) is 2.92. The Morgan fingerprint density at radius 1 is 0.707 bits per heavy atom. The highest BCUT2D eigenvalue weighted by Crippen LogP contribution is 2.43. The van der Waals surface area contributed by atoms with E-state index in [-0.39, 0.29) is 17.9 Å². The third kappa shape index (κ3) is 8.63. The Hall–Kier alpha value is -2.25. The molecule has 0 aromatic heterocycles. The zero-order chi connectivity index (χ0) is 29.6. The minimum Gasteiger partial charge on any atom is -0.429 e. The van der Waals surface area contributed by atoms with E-state index in [2.05, 4.69) is 11.7 Å². The first kappa shape index (κ1) is 31.7. The molecular weight excluding hydrogens is 545 g/mol. The molecule has 2 aliphatic rings. The van der Waals surface area contributed by atoms with Crippen molar-refractivity contribution in [1.82, 2.24) is 0 Å². The summed E-state index contributed by atoms with van der Waals surface area (Å²) in [5.41, 5.74) is -2.58. The number of hydrogen-bond donors (Lipinski definition) is 0. The van der Waals surface area contributed by atoms with Gasteiger partial charge in [-0.2, -0.15) is 22.0 Å². The normalized spacial score (nSPS) is 23.9. The Labute approximate surface area is 238 Å². The standard InChI is InChI=1S/C33H41F7O/c1-2-3-4-5-22-8-14-25(15-9-22)26-16-10-23(11-17-26)6-7-24-12-18-28(19-13-24)41-33(39,40)27-20-29(34)31(30(35)21-27)32(36,37)38/h12-13,18-23,25-26H,2-11,14-17H2,1H3. The predicted molar refractivity (Wildman–Crippen MR) is 146 cm³/mol. The molecule has 8 heteroatoms. The molecule has 0 saturated heterocycles. The molecule has 0 spiro atoms. The van der Waals surface area contributed by atoms with Crippen molar-refractivity contribution in [2.24, 2.45) is 23.7 Å². The summed E-state index contributed by atoms with van der Waals surface area (Å²) in [4.78, 5) is 0. The van der Waals surface area contributed by atoms with E-state index in [1.165, 1.54) is 89.2 Å². The summed E-state index contributed by atoms with van der Waals surface area (Å²) in [7, 11) is 0. The number of ether oxygens (including phenoxy) is 1. The highest BCUT2D eigenvalue weighted by molar-refractivity contribution is 5.32. The number of hydrogen-bond acceptors (Lipinski definition) is 1. The maximum Gasteiger partial charge on any atom is 0.426 e. The molecule has 41 heavy (non-hydrogen) atoms. The monoisotopic (exact) mass is 586 g/mol. The van der Waals surface area contributed by atoms with Gasteiger partial charge >= 0.3 is 12.3 Å². The van der Waals surface area contributed by atoms with Gasteiger partial charge in [-0.05, 0) is 92.0 Å². The summed E-state index contributed by atoms with van der Waals surface area (Å²) >= 11 is 0. The molecule has 2 saturated carbocycles. The summed E-state index contributed by atoms with van der Waals surface area (Å²) in [5.74, 6) is -1.16. The summed E-state index contributed by atoms with van der Waals surface area (Å²) in [6.07, 6.45) is 8.33. The Morgan fingerprint density at radius 2 is 1.22 bits per heavy atom. The van der Waals surface area contributed by atoms with Crippen molar-refractivity contribution in [3.05, 3.63) is 64.7 Å². The van der Waals surface area contributed by atoms with Crippen LogP contribution in [0.3, 0.4) is 0 Å². The maximum atomic E-state index is 14.5. The average molecular weight is 587 g/mol. The van der Waals surface area contributed by atoms with Crippen molar-refractivity contribution in [1.29, 1.82) is 0 Å². The quantitative estimate of drug-likeness (QED) is 0.188. The topological polar surface area (TPSA) is 9.23 Å². The summed E-state index contributed by atoms with van der Waals surface area (Å²) in [6, 6.07) is 5.93. The molecule has 0 N–H and O–H groups in total. The van der Waals surface area contributed by atoms with Crippen LogP contribution in [0.2, 0.25) is 0 Å². The number of rotatable bonds is 11. The van der Waals surface area contributed by atoms with Gasteiger partial charge in [0.2, 0.25) is 0 Å². The lowest BCUT2D eigenvalue weighted by Crippen LogP contribution is -2.26. The van der Waals surface area contributed by atoms with Crippen molar-refractivity contribution in [3.63, 3.8) is 0 Å². The smallest absolute Gasteiger partial charge is 0.426 e. The van der Waals surface area contributed by atoms with Gasteiger partial charge in [0.1, 0.15) is 22.9 Å². The molecule has 228 valence electrons. The van der Waals surface area contributed by atoms with Gasteiger partial charge in [0.15, 0.2) is 0 Å². The van der Waals surface area contributed by atoms with E-state index >= 15 is 0 Å². The number of aryl methyl sites for hydroxylation is 1. The minimum absolute atomic E-state index is 0.0470. The van der Waals surface area contributed by atoms with Crippen molar-refractivity contribution >= 4 is 0 Å². The van der Waals surface area contributed by atoms with Crippen LogP contribution >= 0.6 is 0 Å². The molecule has 2 aromatic carbocycles. The molecular formula is C33H41F7O. The fraction of sp³-hybridized carbons (Fsp3) is 0.636. The molecule has 0 amide bonds. The predicted octanol–water partition coefficient (Wildman–Crippen LogP) is 11.2. The lowest BCUT2D eigenvalue weighted by molar-refractivity contribution is -0.186. The Kier molecular flexibility index (Phi) is 10.7. The lowest BCUT2D eigenvalue weighted by Gasteiger charge is -2.38. The molecule has 0 radical (unpaired) electrons. The molecule has 1 nitrogen and oxygen atoms in total. The van der Waals surface area contributed by atoms with E-state index in [1.54, 1.807) is 12.1 Å². The van der Waals surface area contributed by atoms with Gasteiger partial charge < -0.3 is 4.74 Å². The Bertz CT molecular complexity index is 1070. The van der Waals surface area contributed by atoms with Crippen LogP contribution in [0, 0.1) is 35.3 Å². The highest BCUT2D eigenvalue weighted by atomic mass is 19.4. The third-order valence-corrected chi connectivity index (χ3v) is 9.34. The number of unbranched alkanes of at least 4 members (excludes halogenated alkanes) is 2. The van der Waals surface area contributed by atoms with Crippen LogP contribution in [0.4, 0.5) is 30.7 Å². The second-order valence-electron chi connectivity index (χ2n) is 12.2. The van der Waals surface area contributed by atoms with Gasteiger partial charge in [0, 0.05) is 0 Å². The second kappa shape index (κ2) is 13.8. The van der Waals surface area contributed by atoms with Crippen LogP contribution in [0.25, 0.3) is 0 Å². The van der Waals surface area contributed by atoms with Gasteiger partial charge in [0.25, 0.3) is 0 Å². The van der Waals surface area contributed by atoms with Crippen LogP contribution in [0.1, 0.15) is 107 Å². The lowest BCUT2D eigenvalue weighted by atomic mass is 9.68. The zero-order valence-corrected chi connectivity index (χ0v) is 23.7. The first-order valence-electron chi connectivity index (χ1n) is 15.2. The third-order valence-electron chi connectivity index (χ3n) is 9.34. The fourth-order valence-electron chi connectivity index (χ4n) is 6.89. The largest absolute Gasteiger partial charge is 0.429 e. The molecule has 0 unspecified atom stereocenters. The van der Waals surface area contributed by atoms with Gasteiger partial charge in [-0.1, -0.05) is 70.4 Å². The van der Waals surface area contributed by atoms with E-state index in [0.717, 1.165) is 36.2 Å². The van der Waals surface area contributed by atoms with Gasteiger partial charge in [-0.25, -0.2) is 8.78 Å². The zero-order valence-electron chi connectivity index (χ0n) is 23.7. The van der Waals surface area contributed by atoms with Crippen LogP contribution in [-0.2, 0) is 18.7 Å². The minimum atomic E-state index is -5.34. The molecule has 0 aliphatic heterocycles. The molecule has 4 rings (SSSR count). The van der Waals surface area contributed by atoms with E-state index in [0.29, 0.717) is 5.92 Å². The molecule has 2 aromatic rings.